The van der Waals surface area contributed by atoms with E-state index in [2.05, 4.69) is 52.2 Å². The van der Waals surface area contributed by atoms with Crippen molar-refractivity contribution >= 4 is 0 Å². The second kappa shape index (κ2) is 6.85. The highest BCUT2D eigenvalue weighted by molar-refractivity contribution is 5.18. The van der Waals surface area contributed by atoms with Gasteiger partial charge in [0, 0.05) is 6.54 Å². The molecule has 2 atom stereocenters. The normalized spacial score (nSPS) is 21.3. The molecule has 1 fully saturated rings. The molecule has 1 aromatic carbocycles. The van der Waals surface area contributed by atoms with Crippen molar-refractivity contribution in [3.8, 4) is 0 Å². The Hall–Kier alpha value is -1.68. The fraction of sp³-hybridized carbons (Fsp3) is 0.529. The molecule has 0 bridgehead atoms. The molecule has 0 radical (unpaired) electrons. The molecular formula is C17H24N4. The van der Waals surface area contributed by atoms with Gasteiger partial charge in [-0.1, -0.05) is 37.3 Å². The lowest BCUT2D eigenvalue weighted by Gasteiger charge is -2.33. The predicted octanol–water partition coefficient (Wildman–Crippen LogP) is 3.11. The van der Waals surface area contributed by atoms with Crippen LogP contribution < -0.4 is 0 Å². The first-order valence-corrected chi connectivity index (χ1v) is 7.94. The Morgan fingerprint density at radius 3 is 2.90 bits per heavy atom. The van der Waals surface area contributed by atoms with Gasteiger partial charge in [-0.25, -0.2) is 9.67 Å². The van der Waals surface area contributed by atoms with E-state index in [1.807, 2.05) is 11.0 Å². The van der Waals surface area contributed by atoms with Crippen molar-refractivity contribution in [2.75, 3.05) is 19.6 Å². The van der Waals surface area contributed by atoms with Gasteiger partial charge in [-0.15, -0.1) is 0 Å². The van der Waals surface area contributed by atoms with Crippen molar-refractivity contribution in [1.82, 2.24) is 19.7 Å². The van der Waals surface area contributed by atoms with Gasteiger partial charge in [-0.2, -0.15) is 5.10 Å². The number of benzene rings is 1. The number of nitrogens with zero attached hydrogens (tertiary/aromatic N) is 4. The summed E-state index contributed by atoms with van der Waals surface area (Å²) < 4.78 is 2.02. The van der Waals surface area contributed by atoms with Crippen molar-refractivity contribution in [3.63, 3.8) is 0 Å². The van der Waals surface area contributed by atoms with Gasteiger partial charge >= 0.3 is 0 Å². The third-order valence-electron chi connectivity index (χ3n) is 4.54. The lowest BCUT2D eigenvalue weighted by Crippen LogP contribution is -2.37. The molecule has 3 rings (SSSR count). The zero-order chi connectivity index (χ0) is 14.5. The van der Waals surface area contributed by atoms with Crippen LogP contribution in [0.25, 0.3) is 0 Å². The maximum absolute atomic E-state index is 4.30. The molecule has 1 aliphatic heterocycles. The molecular weight excluding hydrogens is 260 g/mol. The van der Waals surface area contributed by atoms with Crippen molar-refractivity contribution in [1.29, 1.82) is 0 Å². The first kappa shape index (κ1) is 14.3. The number of rotatable bonds is 5. The number of hydrogen-bond acceptors (Lipinski definition) is 3. The predicted molar refractivity (Wildman–Crippen MR) is 84.2 cm³/mol. The minimum absolute atomic E-state index is 0.494. The SMILES string of the molecule is C[C@H](CCN1CCC[C@H](n2cncn2)C1)c1ccccc1. The molecule has 4 heteroatoms. The van der Waals surface area contributed by atoms with Crippen LogP contribution >= 0.6 is 0 Å². The largest absolute Gasteiger partial charge is 0.301 e. The number of likely N-dealkylation sites (tertiary alicyclic amines) is 1. The zero-order valence-electron chi connectivity index (χ0n) is 12.7. The van der Waals surface area contributed by atoms with Crippen LogP contribution in [-0.4, -0.2) is 39.3 Å². The van der Waals surface area contributed by atoms with Crippen LogP contribution in [-0.2, 0) is 0 Å². The second-order valence-corrected chi connectivity index (χ2v) is 6.07. The van der Waals surface area contributed by atoms with Gasteiger partial charge in [-0.3, -0.25) is 0 Å². The van der Waals surface area contributed by atoms with Crippen molar-refractivity contribution in [2.45, 2.75) is 38.1 Å². The fourth-order valence-corrected chi connectivity index (χ4v) is 3.18. The van der Waals surface area contributed by atoms with Crippen molar-refractivity contribution in [3.05, 3.63) is 48.5 Å². The number of hydrogen-bond donors (Lipinski definition) is 0. The van der Waals surface area contributed by atoms with Crippen LogP contribution in [0, 0.1) is 0 Å². The van der Waals surface area contributed by atoms with Gasteiger partial charge < -0.3 is 4.90 Å². The maximum Gasteiger partial charge on any atom is 0.137 e. The Morgan fingerprint density at radius 1 is 1.29 bits per heavy atom. The smallest absolute Gasteiger partial charge is 0.137 e. The highest BCUT2D eigenvalue weighted by Crippen LogP contribution is 2.23. The van der Waals surface area contributed by atoms with Gasteiger partial charge in [0.25, 0.3) is 0 Å². The summed E-state index contributed by atoms with van der Waals surface area (Å²) in [7, 11) is 0. The third kappa shape index (κ3) is 3.70. The fourth-order valence-electron chi connectivity index (χ4n) is 3.18. The monoisotopic (exact) mass is 284 g/mol. The van der Waals surface area contributed by atoms with Gasteiger partial charge in [0.2, 0.25) is 0 Å². The van der Waals surface area contributed by atoms with Gasteiger partial charge in [0.15, 0.2) is 0 Å². The first-order chi connectivity index (χ1) is 10.3. The maximum atomic E-state index is 4.30. The summed E-state index contributed by atoms with van der Waals surface area (Å²) in [4.78, 5) is 6.65. The van der Waals surface area contributed by atoms with E-state index < -0.39 is 0 Å². The Bertz CT molecular complexity index is 523. The van der Waals surface area contributed by atoms with Crippen molar-refractivity contribution < 1.29 is 0 Å². The van der Waals surface area contributed by atoms with E-state index in [-0.39, 0.29) is 0 Å². The summed E-state index contributed by atoms with van der Waals surface area (Å²) >= 11 is 0. The molecule has 2 aromatic rings. The Kier molecular flexibility index (Phi) is 4.65. The average Bonchev–Trinajstić information content (AvgIpc) is 3.08. The van der Waals surface area contributed by atoms with Crippen LogP contribution in [0.5, 0.6) is 0 Å². The van der Waals surface area contributed by atoms with E-state index >= 15 is 0 Å². The average molecular weight is 284 g/mol. The summed E-state index contributed by atoms with van der Waals surface area (Å²) in [6.45, 7) is 5.81. The Labute approximate surface area is 126 Å². The Morgan fingerprint density at radius 2 is 2.14 bits per heavy atom. The summed E-state index contributed by atoms with van der Waals surface area (Å²) in [6, 6.07) is 11.3. The lowest BCUT2D eigenvalue weighted by molar-refractivity contribution is 0.165. The molecule has 0 unspecified atom stereocenters. The quantitative estimate of drug-likeness (QED) is 0.846. The van der Waals surface area contributed by atoms with E-state index in [0.717, 1.165) is 6.54 Å². The highest BCUT2D eigenvalue weighted by atomic mass is 15.3. The van der Waals surface area contributed by atoms with Crippen LogP contribution in [0.3, 0.4) is 0 Å². The third-order valence-corrected chi connectivity index (χ3v) is 4.54. The molecule has 1 aromatic heterocycles. The molecule has 1 saturated heterocycles. The minimum Gasteiger partial charge on any atom is -0.301 e. The van der Waals surface area contributed by atoms with Gasteiger partial charge in [-0.05, 0) is 43.8 Å². The molecule has 0 aliphatic carbocycles. The summed E-state index contributed by atoms with van der Waals surface area (Å²) in [5.74, 6) is 0.623. The molecule has 4 nitrogen and oxygen atoms in total. The molecule has 0 saturated carbocycles. The summed E-state index contributed by atoms with van der Waals surface area (Å²) in [5, 5.41) is 4.30. The van der Waals surface area contributed by atoms with E-state index in [9.17, 15) is 0 Å². The lowest BCUT2D eigenvalue weighted by atomic mass is 9.97. The van der Waals surface area contributed by atoms with Gasteiger partial charge in [0.05, 0.1) is 6.04 Å². The van der Waals surface area contributed by atoms with E-state index in [4.69, 9.17) is 0 Å². The number of piperidine rings is 1. The van der Waals surface area contributed by atoms with E-state index in [1.165, 1.54) is 37.9 Å². The number of aromatic nitrogens is 3. The summed E-state index contributed by atoms with van der Waals surface area (Å²) in [5.41, 5.74) is 1.45. The molecule has 0 spiro atoms. The molecule has 1 aliphatic rings. The molecule has 0 amide bonds. The molecule has 0 N–H and O–H groups in total. The van der Waals surface area contributed by atoms with Crippen LogP contribution in [0.4, 0.5) is 0 Å². The zero-order valence-corrected chi connectivity index (χ0v) is 12.7. The summed E-state index contributed by atoms with van der Waals surface area (Å²) in [6.07, 6.45) is 7.17. The van der Waals surface area contributed by atoms with Crippen molar-refractivity contribution in [2.24, 2.45) is 0 Å². The molecule has 2 heterocycles. The van der Waals surface area contributed by atoms with Crippen LogP contribution in [0.15, 0.2) is 43.0 Å². The minimum atomic E-state index is 0.494. The van der Waals surface area contributed by atoms with Gasteiger partial charge in [0.1, 0.15) is 12.7 Å². The molecule has 112 valence electrons. The van der Waals surface area contributed by atoms with E-state index in [1.54, 1.807) is 6.33 Å². The van der Waals surface area contributed by atoms with Crippen LogP contribution in [0.2, 0.25) is 0 Å². The van der Waals surface area contributed by atoms with E-state index in [0.29, 0.717) is 12.0 Å². The highest BCUT2D eigenvalue weighted by Gasteiger charge is 2.21. The topological polar surface area (TPSA) is 34.0 Å². The second-order valence-electron chi connectivity index (χ2n) is 6.07. The first-order valence-electron chi connectivity index (χ1n) is 7.94. The van der Waals surface area contributed by atoms with Crippen LogP contribution in [0.1, 0.15) is 43.7 Å². The standard InChI is InChI=1S/C17H24N4/c1-15(16-6-3-2-4-7-16)9-11-20-10-5-8-17(12-20)21-14-18-13-19-21/h2-4,6-7,13-15,17H,5,8-12H2,1H3/t15-,17+/m1/s1. The Balaban J connectivity index is 1.51. The molecule has 21 heavy (non-hydrogen) atoms.